The second-order valence-electron chi connectivity index (χ2n) is 7.09. The van der Waals surface area contributed by atoms with Crippen molar-refractivity contribution in [2.75, 3.05) is 26.8 Å². The Bertz CT molecular complexity index is 933. The first-order valence-electron chi connectivity index (χ1n) is 9.16. The number of aryl methyl sites for hydroxylation is 1. The summed E-state index contributed by atoms with van der Waals surface area (Å²) in [7, 11) is -2.14. The number of methoxy groups -OCH3 is 1. The van der Waals surface area contributed by atoms with E-state index in [1.54, 1.807) is 54.6 Å². The highest BCUT2D eigenvalue weighted by molar-refractivity contribution is 7.89. The number of rotatable bonds is 7. The number of amides is 1. The Kier molecular flexibility index (Phi) is 6.12. The van der Waals surface area contributed by atoms with Crippen molar-refractivity contribution in [2.24, 2.45) is 0 Å². The minimum absolute atomic E-state index is 0.184. The van der Waals surface area contributed by atoms with Crippen LogP contribution in [0.2, 0.25) is 0 Å². The maximum absolute atomic E-state index is 12.9. The van der Waals surface area contributed by atoms with Gasteiger partial charge in [0.1, 0.15) is 5.69 Å². The third kappa shape index (κ3) is 4.40. The molecule has 0 radical (unpaired) electrons. The quantitative estimate of drug-likeness (QED) is 0.764. The van der Waals surface area contributed by atoms with Crippen molar-refractivity contribution in [3.63, 3.8) is 0 Å². The van der Waals surface area contributed by atoms with Gasteiger partial charge in [0.25, 0.3) is 5.91 Å². The molecule has 1 aliphatic rings. The molecule has 8 heteroatoms. The number of ether oxygens (including phenoxy) is 1. The van der Waals surface area contributed by atoms with Gasteiger partial charge in [-0.2, -0.15) is 0 Å². The zero-order valence-corrected chi connectivity index (χ0v) is 16.9. The fourth-order valence-corrected chi connectivity index (χ4v) is 4.96. The summed E-state index contributed by atoms with van der Waals surface area (Å²) in [6, 6.07) is 11.9. The number of carbonyl (C=O) groups excluding carboxylic acids is 1. The fraction of sp³-hybridized carbons (Fsp3) is 0.400. The molecule has 7 nitrogen and oxygen atoms in total. The van der Waals surface area contributed by atoms with Crippen molar-refractivity contribution in [3.05, 3.63) is 59.9 Å². The van der Waals surface area contributed by atoms with E-state index >= 15 is 0 Å². The molecule has 0 aliphatic carbocycles. The SMILES string of the molecule is COCCC1(NS(=O)(=O)c2ccccc2)CCN(C(=O)c2ncccc2C)C1. The topological polar surface area (TPSA) is 88.6 Å². The van der Waals surface area contributed by atoms with Gasteiger partial charge in [-0.15, -0.1) is 0 Å². The Labute approximate surface area is 165 Å². The average Bonchev–Trinajstić information content (AvgIpc) is 3.10. The molecule has 1 unspecified atom stereocenters. The van der Waals surface area contributed by atoms with Crippen LogP contribution >= 0.6 is 0 Å². The first-order valence-corrected chi connectivity index (χ1v) is 10.6. The number of aromatic nitrogens is 1. The highest BCUT2D eigenvalue weighted by Gasteiger charge is 2.43. The Morgan fingerprint density at radius 3 is 2.68 bits per heavy atom. The van der Waals surface area contributed by atoms with Crippen LogP contribution in [0.3, 0.4) is 0 Å². The van der Waals surface area contributed by atoms with Gasteiger partial charge in [-0.1, -0.05) is 24.3 Å². The highest BCUT2D eigenvalue weighted by Crippen LogP contribution is 2.28. The molecule has 2 heterocycles. The van der Waals surface area contributed by atoms with Crippen molar-refractivity contribution in [1.29, 1.82) is 0 Å². The molecule has 2 aromatic rings. The smallest absolute Gasteiger partial charge is 0.272 e. The van der Waals surface area contributed by atoms with Crippen LogP contribution in [-0.2, 0) is 14.8 Å². The van der Waals surface area contributed by atoms with Crippen molar-refractivity contribution in [3.8, 4) is 0 Å². The Morgan fingerprint density at radius 2 is 2.00 bits per heavy atom. The molecule has 28 heavy (non-hydrogen) atoms. The molecule has 3 rings (SSSR count). The minimum atomic E-state index is -3.71. The van der Waals surface area contributed by atoms with Gasteiger partial charge in [0, 0.05) is 33.0 Å². The van der Waals surface area contributed by atoms with E-state index in [1.165, 1.54) is 0 Å². The number of nitrogens with one attached hydrogen (secondary N) is 1. The van der Waals surface area contributed by atoms with Gasteiger partial charge in [-0.25, -0.2) is 13.1 Å². The molecule has 1 aliphatic heterocycles. The lowest BCUT2D eigenvalue weighted by atomic mass is 9.96. The number of pyridine rings is 1. The molecule has 1 aromatic carbocycles. The van der Waals surface area contributed by atoms with Crippen LogP contribution in [-0.4, -0.2) is 56.6 Å². The number of sulfonamides is 1. The van der Waals surface area contributed by atoms with Gasteiger partial charge < -0.3 is 9.64 Å². The Hall–Kier alpha value is -2.29. The molecule has 1 saturated heterocycles. The molecule has 1 amide bonds. The minimum Gasteiger partial charge on any atom is -0.385 e. The molecule has 1 N–H and O–H groups in total. The highest BCUT2D eigenvalue weighted by atomic mass is 32.2. The summed E-state index contributed by atoms with van der Waals surface area (Å²) in [5, 5.41) is 0. The van der Waals surface area contributed by atoms with Crippen LogP contribution in [0.1, 0.15) is 28.9 Å². The Morgan fingerprint density at radius 1 is 1.25 bits per heavy atom. The third-order valence-corrected chi connectivity index (χ3v) is 6.64. The van der Waals surface area contributed by atoms with Crippen LogP contribution in [0.15, 0.2) is 53.6 Å². The number of hydrogen-bond acceptors (Lipinski definition) is 5. The van der Waals surface area contributed by atoms with E-state index in [-0.39, 0.29) is 17.3 Å². The van der Waals surface area contributed by atoms with Crippen LogP contribution < -0.4 is 4.72 Å². The standard InChI is InChI=1S/C20H25N3O4S/c1-16-7-6-12-21-18(16)19(24)23-13-10-20(15-23,11-14-27-2)22-28(25,26)17-8-4-3-5-9-17/h3-9,12,22H,10-11,13-15H2,1-2H3. The second-order valence-corrected chi connectivity index (χ2v) is 8.77. The lowest BCUT2D eigenvalue weighted by Crippen LogP contribution is -2.51. The number of benzene rings is 1. The summed E-state index contributed by atoms with van der Waals surface area (Å²) in [6.45, 7) is 2.96. The normalized spacial score (nSPS) is 19.7. The zero-order valence-electron chi connectivity index (χ0n) is 16.1. The van der Waals surface area contributed by atoms with Gasteiger partial charge in [0.05, 0.1) is 10.4 Å². The van der Waals surface area contributed by atoms with Gasteiger partial charge in [-0.3, -0.25) is 9.78 Å². The molecule has 0 saturated carbocycles. The maximum atomic E-state index is 12.9. The van der Waals surface area contributed by atoms with E-state index in [0.29, 0.717) is 31.7 Å². The largest absolute Gasteiger partial charge is 0.385 e. The number of nitrogens with zero attached hydrogens (tertiary/aromatic N) is 2. The monoisotopic (exact) mass is 403 g/mol. The van der Waals surface area contributed by atoms with Crippen molar-refractivity contribution >= 4 is 15.9 Å². The molecule has 0 spiro atoms. The van der Waals surface area contributed by atoms with Crippen molar-refractivity contribution < 1.29 is 17.9 Å². The summed E-state index contributed by atoms with van der Waals surface area (Å²) in [5.41, 5.74) is 0.422. The third-order valence-electron chi connectivity index (χ3n) is 5.04. The lowest BCUT2D eigenvalue weighted by molar-refractivity contribution is 0.0768. The molecule has 150 valence electrons. The molecule has 1 fully saturated rings. The van der Waals surface area contributed by atoms with Gasteiger partial charge in [-0.05, 0) is 43.5 Å². The zero-order chi connectivity index (χ0) is 20.2. The summed E-state index contributed by atoms with van der Waals surface area (Å²) in [4.78, 5) is 19.0. The van der Waals surface area contributed by atoms with E-state index < -0.39 is 15.6 Å². The molecular weight excluding hydrogens is 378 g/mol. The molecular formula is C20H25N3O4S. The summed E-state index contributed by atoms with van der Waals surface area (Å²) >= 11 is 0. The first-order chi connectivity index (χ1) is 13.4. The Balaban J connectivity index is 1.83. The average molecular weight is 404 g/mol. The first kappa shape index (κ1) is 20.4. The van der Waals surface area contributed by atoms with E-state index in [0.717, 1.165) is 5.56 Å². The van der Waals surface area contributed by atoms with Gasteiger partial charge in [0.15, 0.2) is 0 Å². The number of likely N-dealkylation sites (tertiary alicyclic amines) is 1. The summed E-state index contributed by atoms with van der Waals surface area (Å²) in [6.07, 6.45) is 2.58. The van der Waals surface area contributed by atoms with Crippen LogP contribution in [0.25, 0.3) is 0 Å². The van der Waals surface area contributed by atoms with Crippen LogP contribution in [0.5, 0.6) is 0 Å². The molecule has 1 aromatic heterocycles. The lowest BCUT2D eigenvalue weighted by Gasteiger charge is -2.30. The van der Waals surface area contributed by atoms with E-state index in [4.69, 9.17) is 4.74 Å². The second kappa shape index (κ2) is 8.38. The van der Waals surface area contributed by atoms with E-state index in [1.807, 2.05) is 13.0 Å². The van der Waals surface area contributed by atoms with Gasteiger partial charge in [0.2, 0.25) is 10.0 Å². The molecule has 0 bridgehead atoms. The maximum Gasteiger partial charge on any atom is 0.272 e. The molecule has 1 atom stereocenters. The van der Waals surface area contributed by atoms with Crippen molar-refractivity contribution in [2.45, 2.75) is 30.2 Å². The predicted molar refractivity (Wildman–Crippen MR) is 105 cm³/mol. The van der Waals surface area contributed by atoms with Crippen molar-refractivity contribution in [1.82, 2.24) is 14.6 Å². The van der Waals surface area contributed by atoms with E-state index in [2.05, 4.69) is 9.71 Å². The van der Waals surface area contributed by atoms with Crippen LogP contribution in [0, 0.1) is 6.92 Å². The summed E-state index contributed by atoms with van der Waals surface area (Å²) < 4.78 is 33.8. The van der Waals surface area contributed by atoms with Gasteiger partial charge >= 0.3 is 0 Å². The van der Waals surface area contributed by atoms with Crippen LogP contribution in [0.4, 0.5) is 0 Å². The number of hydrogen-bond donors (Lipinski definition) is 1. The number of carbonyl (C=O) groups is 1. The predicted octanol–water partition coefficient (Wildman–Crippen LogP) is 1.99. The van der Waals surface area contributed by atoms with E-state index in [9.17, 15) is 13.2 Å². The fourth-order valence-electron chi connectivity index (χ4n) is 3.48. The summed E-state index contributed by atoms with van der Waals surface area (Å²) in [5.74, 6) is -0.184.